The van der Waals surface area contributed by atoms with Gasteiger partial charge in [-0.2, -0.15) is 0 Å². The molecule has 0 aliphatic carbocycles. The van der Waals surface area contributed by atoms with Crippen LogP contribution in [0.25, 0.3) is 0 Å². The van der Waals surface area contributed by atoms with Crippen molar-refractivity contribution in [2.45, 2.75) is 13.8 Å². The molecule has 0 unspecified atom stereocenters. The molecule has 0 amide bonds. The van der Waals surface area contributed by atoms with Gasteiger partial charge in [-0.3, -0.25) is 4.89 Å². The zero-order valence-electron chi connectivity index (χ0n) is 12.5. The highest BCUT2D eigenvalue weighted by Crippen LogP contribution is 1.95. The van der Waals surface area contributed by atoms with E-state index in [1.165, 1.54) is 13.8 Å². The smallest absolute Gasteiger partial charge is 0.371 e. The van der Waals surface area contributed by atoms with Crippen LogP contribution >= 0.6 is 0 Å². The third kappa shape index (κ3) is 13.7. The molecule has 0 heterocycles. The van der Waals surface area contributed by atoms with E-state index in [9.17, 15) is 9.59 Å². The van der Waals surface area contributed by atoms with Crippen molar-refractivity contribution >= 4 is 11.9 Å². The van der Waals surface area contributed by atoms with Crippen LogP contribution in [0, 0.1) is 0 Å². The van der Waals surface area contributed by atoms with E-state index in [-0.39, 0.29) is 24.4 Å². The minimum Gasteiger partial charge on any atom is -0.460 e. The van der Waals surface area contributed by atoms with Gasteiger partial charge in [-0.15, -0.1) is 0 Å². The second-order valence-electron chi connectivity index (χ2n) is 3.50. The second-order valence-corrected chi connectivity index (χ2v) is 3.50. The monoisotopic (exact) mass is 358 g/mol. The SMILES string of the molecule is C=C(C)C(=O)OCCOOOOOOOOOOOC(=O)C(=C)C. The molecule has 0 rings (SSSR count). The molecule has 0 spiro atoms. The van der Waals surface area contributed by atoms with Crippen LogP contribution in [0.4, 0.5) is 0 Å². The Kier molecular flexibility index (Phi) is 13.4. The van der Waals surface area contributed by atoms with Crippen molar-refractivity contribution in [3.8, 4) is 0 Å². The normalized spacial score (nSPS) is 10.2. The number of rotatable bonds is 15. The van der Waals surface area contributed by atoms with E-state index in [0.29, 0.717) is 0 Å². The summed E-state index contributed by atoms with van der Waals surface area (Å²) in [6.45, 7) is 9.13. The fraction of sp³-hybridized carbons (Fsp3) is 0.400. The molecule has 0 saturated carbocycles. The zero-order valence-corrected chi connectivity index (χ0v) is 12.5. The first-order valence-electron chi connectivity index (χ1n) is 5.77. The van der Waals surface area contributed by atoms with Crippen LogP contribution in [-0.4, -0.2) is 25.2 Å². The maximum absolute atomic E-state index is 10.9. The van der Waals surface area contributed by atoms with Gasteiger partial charge in [0.25, 0.3) is 0 Å². The molecule has 0 aromatic heterocycles. The molecule has 14 nitrogen and oxygen atoms in total. The largest absolute Gasteiger partial charge is 0.460 e. The van der Waals surface area contributed by atoms with Crippen molar-refractivity contribution in [3.05, 3.63) is 24.3 Å². The van der Waals surface area contributed by atoms with Crippen molar-refractivity contribution < 1.29 is 69.4 Å². The van der Waals surface area contributed by atoms with E-state index in [4.69, 9.17) is 0 Å². The van der Waals surface area contributed by atoms with Gasteiger partial charge in [0, 0.05) is 36.3 Å². The van der Waals surface area contributed by atoms with E-state index in [0.717, 1.165) is 0 Å². The van der Waals surface area contributed by atoms with E-state index in [1.54, 1.807) is 0 Å². The van der Waals surface area contributed by atoms with Crippen molar-refractivity contribution in [1.29, 1.82) is 0 Å². The second kappa shape index (κ2) is 14.6. The van der Waals surface area contributed by atoms with Gasteiger partial charge in [0.15, 0.2) is 0 Å². The summed E-state index contributed by atoms with van der Waals surface area (Å²) >= 11 is 0. The first-order chi connectivity index (χ1) is 11.4. The lowest BCUT2D eigenvalue weighted by Gasteiger charge is -2.03. The van der Waals surface area contributed by atoms with Gasteiger partial charge in [-0.05, 0) is 34.0 Å². The zero-order chi connectivity index (χ0) is 18.2. The Balaban J connectivity index is 3.18. The molecular weight excluding hydrogens is 344 g/mol. The van der Waals surface area contributed by atoms with Crippen molar-refractivity contribution in [3.63, 3.8) is 0 Å². The maximum Gasteiger partial charge on any atom is 0.371 e. The topological polar surface area (TPSA) is 145 Å². The maximum atomic E-state index is 10.9. The van der Waals surface area contributed by atoms with E-state index in [2.05, 4.69) is 73.0 Å². The van der Waals surface area contributed by atoms with Crippen molar-refractivity contribution in [1.82, 2.24) is 0 Å². The van der Waals surface area contributed by atoms with E-state index >= 15 is 0 Å². The summed E-state index contributed by atoms with van der Waals surface area (Å²) in [6.07, 6.45) is 0. The Hall–Kier alpha value is -1.98. The van der Waals surface area contributed by atoms with Crippen LogP contribution in [0.5, 0.6) is 0 Å². The fourth-order valence-electron chi connectivity index (χ4n) is 0.541. The average Bonchev–Trinajstić information content (AvgIpc) is 2.54. The van der Waals surface area contributed by atoms with Gasteiger partial charge in [0.1, 0.15) is 13.2 Å². The minimum atomic E-state index is -0.918. The molecule has 0 bridgehead atoms. The Morgan fingerprint density at radius 1 is 0.667 bits per heavy atom. The molecule has 0 saturated heterocycles. The van der Waals surface area contributed by atoms with Crippen molar-refractivity contribution in [2.75, 3.05) is 13.2 Å². The molecule has 0 aliphatic heterocycles. The van der Waals surface area contributed by atoms with Gasteiger partial charge in [-0.25, -0.2) is 14.5 Å². The van der Waals surface area contributed by atoms with Crippen LogP contribution in [0.1, 0.15) is 13.8 Å². The first-order valence-corrected chi connectivity index (χ1v) is 5.77. The number of carbonyl (C=O) groups excluding carboxylic acids is 2. The summed E-state index contributed by atoms with van der Waals surface area (Å²) in [5.41, 5.74) is 0.271. The Morgan fingerprint density at radius 3 is 1.62 bits per heavy atom. The first kappa shape index (κ1) is 22.0. The molecule has 0 aromatic carbocycles. The molecule has 24 heavy (non-hydrogen) atoms. The van der Waals surface area contributed by atoms with Gasteiger partial charge in [0.05, 0.1) is 0 Å². The molecule has 14 heteroatoms. The number of hydrogen-bond acceptors (Lipinski definition) is 14. The Morgan fingerprint density at radius 2 is 1.12 bits per heavy atom. The lowest BCUT2D eigenvalue weighted by molar-refractivity contribution is -0.853. The molecular formula is C10H14O14. The Bertz CT molecular complexity index is 368. The number of esters is 1. The molecule has 0 atom stereocenters. The molecule has 0 N–H and O–H groups in total. The third-order valence-electron chi connectivity index (χ3n) is 1.48. The summed E-state index contributed by atoms with van der Waals surface area (Å²) in [5, 5.41) is 33.2. The lowest BCUT2D eigenvalue weighted by Crippen LogP contribution is -2.11. The van der Waals surface area contributed by atoms with Crippen LogP contribution < -0.4 is 0 Å². The average molecular weight is 358 g/mol. The summed E-state index contributed by atoms with van der Waals surface area (Å²) in [6, 6.07) is 0. The van der Waals surface area contributed by atoms with Gasteiger partial charge >= 0.3 is 11.9 Å². The number of carbonyl (C=O) groups is 2. The van der Waals surface area contributed by atoms with E-state index < -0.39 is 11.9 Å². The predicted molar refractivity (Wildman–Crippen MR) is 62.4 cm³/mol. The summed E-state index contributed by atoms with van der Waals surface area (Å²) in [4.78, 5) is 29.9. The van der Waals surface area contributed by atoms with E-state index in [1.807, 2.05) is 0 Å². The highest BCUT2D eigenvalue weighted by atomic mass is 17.9. The van der Waals surface area contributed by atoms with Gasteiger partial charge in [-0.1, -0.05) is 13.2 Å². The van der Waals surface area contributed by atoms with Crippen LogP contribution in [-0.2, 0) is 69.4 Å². The molecule has 0 fully saturated rings. The summed E-state index contributed by atoms with van der Waals surface area (Å²) in [5.74, 6) is -1.51. The fourth-order valence-corrected chi connectivity index (χ4v) is 0.541. The highest BCUT2D eigenvalue weighted by molar-refractivity contribution is 5.87. The number of hydrogen-bond donors (Lipinski definition) is 0. The predicted octanol–water partition coefficient (Wildman–Crippen LogP) is 0.541. The van der Waals surface area contributed by atoms with Crippen LogP contribution in [0.2, 0.25) is 0 Å². The standard InChI is InChI=1S/C10H14O14/c1-7(2)9(11)13-5-6-14-16-18-20-22-24-23-21-19-17-15-10(12)8(3)4/h1,3,5-6H2,2,4H3. The van der Waals surface area contributed by atoms with Crippen LogP contribution in [0.3, 0.4) is 0 Å². The molecule has 0 radical (unpaired) electrons. The van der Waals surface area contributed by atoms with Gasteiger partial charge < -0.3 is 4.74 Å². The Labute approximate surface area is 134 Å². The number of ether oxygens (including phenoxy) is 1. The molecule has 138 valence electrons. The van der Waals surface area contributed by atoms with Gasteiger partial charge in [0.2, 0.25) is 0 Å². The molecule has 0 aromatic rings. The summed E-state index contributed by atoms with van der Waals surface area (Å²) < 4.78 is 4.63. The third-order valence-corrected chi connectivity index (χ3v) is 1.48. The lowest BCUT2D eigenvalue weighted by atomic mass is 10.4. The summed E-state index contributed by atoms with van der Waals surface area (Å²) in [7, 11) is 0. The highest BCUT2D eigenvalue weighted by Gasteiger charge is 2.05. The van der Waals surface area contributed by atoms with Crippen molar-refractivity contribution in [2.24, 2.45) is 0 Å². The van der Waals surface area contributed by atoms with Crippen LogP contribution in [0.15, 0.2) is 24.3 Å². The quantitative estimate of drug-likeness (QED) is 0.132. The minimum absolute atomic E-state index is 0.0425. The molecule has 0 aliphatic rings.